The van der Waals surface area contributed by atoms with Crippen molar-refractivity contribution >= 4 is 12.0 Å². The predicted octanol–water partition coefficient (Wildman–Crippen LogP) is 3.70. The van der Waals surface area contributed by atoms with Crippen LogP contribution >= 0.6 is 0 Å². The summed E-state index contributed by atoms with van der Waals surface area (Å²) >= 11 is 0. The number of ether oxygens (including phenoxy) is 1. The van der Waals surface area contributed by atoms with E-state index in [1.54, 1.807) is 4.90 Å². The number of nitrogens with one attached hydrogen (secondary N) is 1. The Kier molecular flexibility index (Phi) is 9.15. The molecule has 6 nitrogen and oxygen atoms in total. The van der Waals surface area contributed by atoms with Gasteiger partial charge in [-0.1, -0.05) is 44.2 Å². The van der Waals surface area contributed by atoms with Crippen molar-refractivity contribution in [3.63, 3.8) is 0 Å². The van der Waals surface area contributed by atoms with E-state index in [1.165, 1.54) is 5.56 Å². The van der Waals surface area contributed by atoms with Gasteiger partial charge in [-0.3, -0.25) is 9.69 Å². The Bertz CT molecular complexity index is 660. The van der Waals surface area contributed by atoms with E-state index in [-0.39, 0.29) is 24.0 Å². The van der Waals surface area contributed by atoms with E-state index < -0.39 is 5.60 Å². The van der Waals surface area contributed by atoms with Crippen molar-refractivity contribution in [1.29, 1.82) is 0 Å². The zero-order valence-electron chi connectivity index (χ0n) is 19.3. The van der Waals surface area contributed by atoms with E-state index in [4.69, 9.17) is 4.74 Å². The topological polar surface area (TPSA) is 61.9 Å². The van der Waals surface area contributed by atoms with Gasteiger partial charge in [0.05, 0.1) is 0 Å². The van der Waals surface area contributed by atoms with Crippen LogP contribution < -0.4 is 5.32 Å². The summed E-state index contributed by atoms with van der Waals surface area (Å²) in [6.07, 6.45) is 1.99. The molecule has 0 aliphatic carbocycles. The first-order chi connectivity index (χ1) is 14.2. The summed E-state index contributed by atoms with van der Waals surface area (Å²) in [6.45, 7) is 13.6. The number of hydrogen-bond donors (Lipinski definition) is 1. The molecule has 0 spiro atoms. The van der Waals surface area contributed by atoms with Crippen LogP contribution in [0.15, 0.2) is 30.3 Å². The molecular weight excluding hydrogens is 378 g/mol. The number of likely N-dealkylation sites (N-methyl/N-ethyl adjacent to an activating group) is 1. The highest BCUT2D eigenvalue weighted by atomic mass is 16.6. The fourth-order valence-corrected chi connectivity index (χ4v) is 3.97. The maximum atomic E-state index is 12.8. The fourth-order valence-electron chi connectivity index (χ4n) is 3.97. The molecule has 1 saturated heterocycles. The third-order valence-electron chi connectivity index (χ3n) is 5.67. The van der Waals surface area contributed by atoms with Crippen molar-refractivity contribution in [3.8, 4) is 0 Å². The van der Waals surface area contributed by atoms with Gasteiger partial charge in [0.25, 0.3) is 0 Å². The molecule has 2 amide bonds. The van der Waals surface area contributed by atoms with Gasteiger partial charge >= 0.3 is 6.09 Å². The molecule has 0 aromatic heterocycles. The van der Waals surface area contributed by atoms with Crippen molar-refractivity contribution in [2.45, 2.75) is 65.5 Å². The molecule has 2 rings (SSSR count). The fraction of sp³-hybridized carbons (Fsp3) is 0.667. The largest absolute Gasteiger partial charge is 0.444 e. The molecule has 1 unspecified atom stereocenters. The number of carbonyl (C=O) groups is 2. The minimum atomic E-state index is -0.497. The van der Waals surface area contributed by atoms with E-state index in [9.17, 15) is 9.59 Å². The van der Waals surface area contributed by atoms with Crippen LogP contribution in [0.3, 0.4) is 0 Å². The van der Waals surface area contributed by atoms with Crippen molar-refractivity contribution < 1.29 is 14.3 Å². The summed E-state index contributed by atoms with van der Waals surface area (Å²) < 4.78 is 5.44. The molecule has 168 valence electrons. The van der Waals surface area contributed by atoms with Crippen LogP contribution in [-0.2, 0) is 16.0 Å². The van der Waals surface area contributed by atoms with Crippen molar-refractivity contribution in [2.75, 3.05) is 32.7 Å². The smallest absolute Gasteiger partial charge is 0.410 e. The molecule has 1 aromatic rings. The van der Waals surface area contributed by atoms with Crippen molar-refractivity contribution in [2.24, 2.45) is 5.92 Å². The number of likely N-dealkylation sites (tertiary alicyclic amines) is 1. The lowest BCUT2D eigenvalue weighted by atomic mass is 9.96. The summed E-state index contributed by atoms with van der Waals surface area (Å²) in [5, 5.41) is 3.19. The van der Waals surface area contributed by atoms with E-state index in [1.807, 2.05) is 26.8 Å². The van der Waals surface area contributed by atoms with Crippen molar-refractivity contribution in [3.05, 3.63) is 35.9 Å². The highest BCUT2D eigenvalue weighted by Crippen LogP contribution is 2.20. The van der Waals surface area contributed by atoms with Gasteiger partial charge in [0.2, 0.25) is 5.91 Å². The van der Waals surface area contributed by atoms with E-state index in [0.717, 1.165) is 19.5 Å². The second kappa shape index (κ2) is 11.3. The van der Waals surface area contributed by atoms with Crippen LogP contribution in [0.25, 0.3) is 0 Å². The third kappa shape index (κ3) is 7.63. The molecule has 30 heavy (non-hydrogen) atoms. The lowest BCUT2D eigenvalue weighted by Crippen LogP contribution is -2.48. The zero-order valence-corrected chi connectivity index (χ0v) is 19.3. The van der Waals surface area contributed by atoms with E-state index in [0.29, 0.717) is 32.5 Å². The number of piperidine rings is 1. The van der Waals surface area contributed by atoms with E-state index in [2.05, 4.69) is 48.3 Å². The number of benzene rings is 1. The molecule has 0 bridgehead atoms. The average Bonchev–Trinajstić information content (AvgIpc) is 2.72. The Labute approximate surface area is 182 Å². The van der Waals surface area contributed by atoms with Gasteiger partial charge in [-0.05, 0) is 58.7 Å². The second-order valence-corrected chi connectivity index (χ2v) is 9.05. The standard InChI is InChI=1S/C24H39N3O3/c1-6-26(7-2)21(17-19-11-9-8-10-12-19)18-25-22(28)20-13-15-27(16-14-20)23(29)30-24(3,4)5/h8-12,20-21H,6-7,13-18H2,1-5H3,(H,25,28). The van der Waals surface area contributed by atoms with Crippen LogP contribution in [0.1, 0.15) is 53.0 Å². The summed E-state index contributed by atoms with van der Waals surface area (Å²) in [5.41, 5.74) is 0.790. The van der Waals surface area contributed by atoms with E-state index >= 15 is 0 Å². The monoisotopic (exact) mass is 417 g/mol. The molecular formula is C24H39N3O3. The number of hydrogen-bond acceptors (Lipinski definition) is 4. The number of nitrogens with zero attached hydrogens (tertiary/aromatic N) is 2. The third-order valence-corrected chi connectivity index (χ3v) is 5.67. The Morgan fingerprint density at radius 3 is 2.27 bits per heavy atom. The van der Waals surface area contributed by atoms with Gasteiger partial charge in [-0.2, -0.15) is 0 Å². The van der Waals surface area contributed by atoms with Crippen LogP contribution in [-0.4, -0.2) is 66.2 Å². The molecule has 1 aromatic carbocycles. The molecule has 0 saturated carbocycles. The molecule has 1 N–H and O–H groups in total. The van der Waals surface area contributed by atoms with Gasteiger partial charge in [-0.25, -0.2) is 4.79 Å². The summed E-state index contributed by atoms with van der Waals surface area (Å²) in [7, 11) is 0. The highest BCUT2D eigenvalue weighted by Gasteiger charge is 2.30. The number of rotatable bonds is 8. The van der Waals surface area contributed by atoms with Crippen LogP contribution in [0.4, 0.5) is 4.79 Å². The number of amides is 2. The number of carbonyl (C=O) groups excluding carboxylic acids is 2. The van der Waals surface area contributed by atoms with Gasteiger partial charge in [-0.15, -0.1) is 0 Å². The Balaban J connectivity index is 1.86. The van der Waals surface area contributed by atoms with Crippen LogP contribution in [0.5, 0.6) is 0 Å². The summed E-state index contributed by atoms with van der Waals surface area (Å²) in [6, 6.07) is 10.7. The van der Waals surface area contributed by atoms with Gasteiger partial charge in [0.1, 0.15) is 5.60 Å². The summed E-state index contributed by atoms with van der Waals surface area (Å²) in [4.78, 5) is 29.1. The average molecular weight is 418 g/mol. The minimum Gasteiger partial charge on any atom is -0.444 e. The summed E-state index contributed by atoms with van der Waals surface area (Å²) in [5.74, 6) is 0.0572. The van der Waals surface area contributed by atoms with Crippen LogP contribution in [0, 0.1) is 5.92 Å². The second-order valence-electron chi connectivity index (χ2n) is 9.05. The molecule has 0 radical (unpaired) electrons. The SMILES string of the molecule is CCN(CC)C(CNC(=O)C1CCN(C(=O)OC(C)(C)C)CC1)Cc1ccccc1. The Hall–Kier alpha value is -2.08. The minimum absolute atomic E-state index is 0.0437. The first-order valence-electron chi connectivity index (χ1n) is 11.3. The molecule has 1 aliphatic heterocycles. The molecule has 1 fully saturated rings. The maximum absolute atomic E-state index is 12.8. The highest BCUT2D eigenvalue weighted by molar-refractivity contribution is 5.79. The maximum Gasteiger partial charge on any atom is 0.410 e. The lowest BCUT2D eigenvalue weighted by Gasteiger charge is -2.34. The zero-order chi connectivity index (χ0) is 22.1. The predicted molar refractivity (Wildman–Crippen MR) is 120 cm³/mol. The quantitative estimate of drug-likeness (QED) is 0.701. The molecule has 6 heteroatoms. The molecule has 1 aliphatic rings. The van der Waals surface area contributed by atoms with Gasteiger partial charge in [0, 0.05) is 31.6 Å². The van der Waals surface area contributed by atoms with Gasteiger partial charge in [0.15, 0.2) is 0 Å². The normalized spacial score (nSPS) is 16.4. The lowest BCUT2D eigenvalue weighted by molar-refractivity contribution is -0.126. The molecule has 1 atom stereocenters. The first kappa shape index (κ1) is 24.2. The van der Waals surface area contributed by atoms with Crippen molar-refractivity contribution in [1.82, 2.24) is 15.1 Å². The Morgan fingerprint density at radius 2 is 1.73 bits per heavy atom. The van der Waals surface area contributed by atoms with Gasteiger partial charge < -0.3 is 15.0 Å². The Morgan fingerprint density at radius 1 is 1.13 bits per heavy atom. The molecule has 1 heterocycles. The van der Waals surface area contributed by atoms with Crippen LogP contribution in [0.2, 0.25) is 0 Å². The first-order valence-corrected chi connectivity index (χ1v) is 11.3.